The molecule has 6 heterocycles. The van der Waals surface area contributed by atoms with E-state index in [4.69, 9.17) is 14.5 Å². The van der Waals surface area contributed by atoms with Crippen molar-refractivity contribution in [2.75, 3.05) is 5.32 Å². The van der Waals surface area contributed by atoms with Gasteiger partial charge in [-0.05, 0) is 56.9 Å². The first kappa shape index (κ1) is 22.8. The molecule has 38 heavy (non-hydrogen) atoms. The predicted molar refractivity (Wildman–Crippen MR) is 138 cm³/mol. The monoisotopic (exact) mass is 512 g/mol. The molecule has 0 amide bonds. The molecule has 1 aromatic carbocycles. The van der Waals surface area contributed by atoms with Gasteiger partial charge >= 0.3 is 0 Å². The number of fused-ring (bicyclic) bond motifs is 4. The lowest BCUT2D eigenvalue weighted by Gasteiger charge is -2.29. The van der Waals surface area contributed by atoms with Gasteiger partial charge in [0, 0.05) is 36.0 Å². The Morgan fingerprint density at radius 1 is 1.03 bits per heavy atom. The first-order valence-corrected chi connectivity index (χ1v) is 12.7. The van der Waals surface area contributed by atoms with Crippen LogP contribution in [0.5, 0.6) is 17.4 Å². The number of benzene rings is 1. The third kappa shape index (κ3) is 4.24. The fraction of sp³-hybridized carbons (Fsp3) is 0.296. The van der Waals surface area contributed by atoms with Crippen LogP contribution in [0.3, 0.4) is 0 Å². The van der Waals surface area contributed by atoms with Crippen molar-refractivity contribution in [2.45, 2.75) is 50.8 Å². The van der Waals surface area contributed by atoms with Gasteiger partial charge in [0.05, 0.1) is 11.2 Å². The Morgan fingerprint density at radius 2 is 1.89 bits per heavy atom. The molecule has 2 saturated heterocycles. The molecule has 2 aliphatic heterocycles. The molecule has 1 unspecified atom stereocenters. The van der Waals surface area contributed by atoms with E-state index in [1.165, 1.54) is 25.5 Å². The fourth-order valence-corrected chi connectivity index (χ4v) is 5.34. The molecule has 10 nitrogen and oxygen atoms in total. The Labute approximate surface area is 217 Å². The molecule has 0 spiro atoms. The van der Waals surface area contributed by atoms with E-state index in [1.54, 1.807) is 41.9 Å². The van der Waals surface area contributed by atoms with Crippen LogP contribution >= 0.6 is 0 Å². The van der Waals surface area contributed by atoms with E-state index in [9.17, 15) is 0 Å². The smallest absolute Gasteiger partial charge is 0.214 e. The predicted octanol–water partition coefficient (Wildman–Crippen LogP) is 4.71. The summed E-state index contributed by atoms with van der Waals surface area (Å²) in [5, 5.41) is 10.8. The number of rotatable bonds is 6. The quantitative estimate of drug-likeness (QED) is 0.334. The highest BCUT2D eigenvalue weighted by atomic mass is 19.1. The molecule has 3 atom stereocenters. The van der Waals surface area contributed by atoms with Crippen LogP contribution in [-0.4, -0.2) is 47.7 Å². The van der Waals surface area contributed by atoms with E-state index in [-0.39, 0.29) is 11.8 Å². The van der Waals surface area contributed by atoms with Crippen molar-refractivity contribution in [1.29, 1.82) is 0 Å². The van der Waals surface area contributed by atoms with Gasteiger partial charge in [0.25, 0.3) is 0 Å². The Kier molecular flexibility index (Phi) is 5.50. The zero-order valence-corrected chi connectivity index (χ0v) is 20.6. The van der Waals surface area contributed by atoms with Crippen LogP contribution in [0.2, 0.25) is 0 Å². The van der Waals surface area contributed by atoms with Crippen molar-refractivity contribution in [3.63, 3.8) is 0 Å². The van der Waals surface area contributed by atoms with E-state index >= 15 is 4.39 Å². The molecule has 7 rings (SSSR count). The summed E-state index contributed by atoms with van der Waals surface area (Å²) in [4.78, 5) is 17.5. The molecule has 2 bridgehead atoms. The van der Waals surface area contributed by atoms with E-state index in [0.717, 1.165) is 12.8 Å². The first-order valence-electron chi connectivity index (χ1n) is 12.7. The van der Waals surface area contributed by atoms with Crippen LogP contribution in [0.15, 0.2) is 55.2 Å². The number of nitrogens with one attached hydrogen (secondary N) is 2. The molecule has 0 radical (unpaired) electrons. The van der Waals surface area contributed by atoms with Crippen LogP contribution in [0.4, 0.5) is 15.9 Å². The second-order valence-corrected chi connectivity index (χ2v) is 9.79. The largest absolute Gasteiger partial charge is 0.474 e. The summed E-state index contributed by atoms with van der Waals surface area (Å²) in [6, 6.07) is 11.5. The van der Waals surface area contributed by atoms with Crippen LogP contribution in [0.1, 0.15) is 31.2 Å². The van der Waals surface area contributed by atoms with E-state index in [0.29, 0.717) is 57.5 Å². The number of piperidine rings is 1. The number of halogens is 1. The minimum absolute atomic E-state index is 0.123. The van der Waals surface area contributed by atoms with Gasteiger partial charge in [-0.2, -0.15) is 5.10 Å². The number of ether oxygens (including phenoxy) is 2. The van der Waals surface area contributed by atoms with Crippen molar-refractivity contribution in [3.05, 3.63) is 66.6 Å². The Morgan fingerprint density at radius 3 is 2.76 bits per heavy atom. The topological polar surface area (TPSA) is 111 Å². The molecule has 4 aromatic heterocycles. The molecule has 0 saturated carbocycles. The molecular weight excluding hydrogens is 487 g/mol. The number of anilines is 2. The van der Waals surface area contributed by atoms with Crippen molar-refractivity contribution in [3.8, 4) is 17.4 Å². The van der Waals surface area contributed by atoms with E-state index in [1.807, 2.05) is 12.1 Å². The average Bonchev–Trinajstić information content (AvgIpc) is 3.53. The van der Waals surface area contributed by atoms with Gasteiger partial charge in [-0.15, -0.1) is 0 Å². The lowest BCUT2D eigenvalue weighted by Crippen LogP contribution is -2.42. The summed E-state index contributed by atoms with van der Waals surface area (Å²) in [5.74, 6) is 1.40. The zero-order chi connectivity index (χ0) is 25.6. The molecule has 2 aliphatic rings. The molecule has 2 fully saturated rings. The molecule has 5 aromatic rings. The highest BCUT2D eigenvalue weighted by molar-refractivity contribution is 5.87. The lowest BCUT2D eigenvalue weighted by atomic mass is 10.0. The lowest BCUT2D eigenvalue weighted by molar-refractivity contribution is 0.132. The summed E-state index contributed by atoms with van der Waals surface area (Å²) in [6.07, 6.45) is 9.09. The van der Waals surface area contributed by atoms with Crippen molar-refractivity contribution in [2.24, 2.45) is 0 Å². The Hall–Kier alpha value is -4.38. The fourth-order valence-electron chi connectivity index (χ4n) is 5.34. The maximum absolute atomic E-state index is 15.5. The number of aromatic nitrogens is 6. The van der Waals surface area contributed by atoms with Crippen molar-refractivity contribution in [1.82, 2.24) is 34.9 Å². The summed E-state index contributed by atoms with van der Waals surface area (Å²) in [6.45, 7) is 1.67. The number of hydrogen-bond donors (Lipinski definition) is 2. The number of hydrogen-bond acceptors (Lipinski definition) is 9. The Balaban J connectivity index is 1.13. The van der Waals surface area contributed by atoms with Crippen molar-refractivity contribution >= 4 is 28.2 Å². The van der Waals surface area contributed by atoms with Crippen LogP contribution < -0.4 is 20.1 Å². The van der Waals surface area contributed by atoms with Crippen LogP contribution in [0, 0.1) is 12.7 Å². The minimum Gasteiger partial charge on any atom is -0.474 e. The standard InChI is InChI=1S/C27H25FN8O2/c1-15-22(37-18-8-9-36-23(12-18)30-14-32-36)6-4-20(25(15)28)34-27-26-21(29-13-31-27)5-7-24(35-26)38-19-10-16-2-3-17(11-19)33-16/h4-9,12-14,16-17,19,33H,2-3,10-11H2,1H3,(H,29,31,34)/t16-,17+,19?. The maximum atomic E-state index is 15.5. The Bertz CT molecular complexity index is 1650. The SMILES string of the molecule is Cc1c(Oc2ccn3ncnc3c2)ccc(Nc2ncnc3ccc(OC4C[C@H]5CC[C@@H](C4)N5)nc23)c1F. The van der Waals surface area contributed by atoms with E-state index in [2.05, 4.69) is 30.7 Å². The van der Waals surface area contributed by atoms with E-state index < -0.39 is 5.82 Å². The molecule has 11 heteroatoms. The molecule has 2 N–H and O–H groups in total. The van der Waals surface area contributed by atoms with Gasteiger partial charge in [-0.3, -0.25) is 0 Å². The van der Waals surface area contributed by atoms with Gasteiger partial charge in [0.15, 0.2) is 17.3 Å². The van der Waals surface area contributed by atoms with Gasteiger partial charge < -0.3 is 20.1 Å². The van der Waals surface area contributed by atoms with Crippen LogP contribution in [-0.2, 0) is 0 Å². The van der Waals surface area contributed by atoms with Crippen LogP contribution in [0.25, 0.3) is 16.7 Å². The molecular formula is C27H25FN8O2. The third-order valence-electron chi connectivity index (χ3n) is 7.24. The highest BCUT2D eigenvalue weighted by Crippen LogP contribution is 2.34. The normalized spacial score (nSPS) is 20.6. The van der Waals surface area contributed by atoms with Gasteiger partial charge in [-0.1, -0.05) is 0 Å². The number of nitrogens with zero attached hydrogens (tertiary/aromatic N) is 6. The summed E-state index contributed by atoms with van der Waals surface area (Å²) in [5.41, 5.74) is 2.40. The van der Waals surface area contributed by atoms with Crippen molar-refractivity contribution < 1.29 is 13.9 Å². The zero-order valence-electron chi connectivity index (χ0n) is 20.6. The van der Waals surface area contributed by atoms with Gasteiger partial charge in [-0.25, -0.2) is 28.8 Å². The summed E-state index contributed by atoms with van der Waals surface area (Å²) < 4.78 is 29.3. The van der Waals surface area contributed by atoms with Gasteiger partial charge in [0.1, 0.15) is 35.8 Å². The second-order valence-electron chi connectivity index (χ2n) is 9.79. The third-order valence-corrected chi connectivity index (χ3v) is 7.24. The number of pyridine rings is 2. The average molecular weight is 513 g/mol. The minimum atomic E-state index is -0.449. The summed E-state index contributed by atoms with van der Waals surface area (Å²) in [7, 11) is 0. The van der Waals surface area contributed by atoms with Gasteiger partial charge in [0.2, 0.25) is 5.88 Å². The summed E-state index contributed by atoms with van der Waals surface area (Å²) >= 11 is 0. The molecule has 192 valence electrons. The maximum Gasteiger partial charge on any atom is 0.214 e. The molecule has 0 aliphatic carbocycles. The highest BCUT2D eigenvalue weighted by Gasteiger charge is 2.34. The first-order chi connectivity index (χ1) is 18.6. The second kappa shape index (κ2) is 9.18.